The monoisotopic (exact) mass is 742 g/mol. The number of rotatable bonds is 16. The standard InChI is InChI=1S/C39H50F4N6O4/c1-5-48(17-19-51-4)28-10-14-47(15-11-28)16-12-32-27(13-18-52-24-35(41)42)22-33(46-32)38(50)30-23-45-49(39(30)44)37-26(3)21-29(20-25(2)36(37)43)53-34-9-7-6-8-31(34)40/h6-9,12-13,21-23,25,28-29,35,46H,5,10-11,14-20,24,44H2,1-4H3/b27-13-,32-12+. The Kier molecular flexibility index (Phi) is 14.1. The maximum absolute atomic E-state index is 16.0. The highest BCUT2D eigenvalue weighted by molar-refractivity contribution is 6.10. The SMILES string of the molecule is CCN(CCOC)C1CCN(C/C=c2/[nH]c(C(=O)c3cnn(C4=C(F)C(C)CC(Oc5ccccc5F)C=C4C)c3N)c/c2=C/COCC(F)F)CC1. The van der Waals surface area contributed by atoms with Crippen LogP contribution >= 0.6 is 0 Å². The first kappa shape index (κ1) is 40.0. The van der Waals surface area contributed by atoms with Crippen molar-refractivity contribution in [1.29, 1.82) is 0 Å². The molecular formula is C39H50F4N6O4. The Morgan fingerprint density at radius 1 is 1.19 bits per heavy atom. The lowest BCUT2D eigenvalue weighted by Crippen LogP contribution is -2.46. The minimum atomic E-state index is -2.60. The number of carbonyl (C=O) groups is 1. The summed E-state index contributed by atoms with van der Waals surface area (Å²) >= 11 is 0. The average molecular weight is 743 g/mol. The fourth-order valence-electron chi connectivity index (χ4n) is 6.96. The molecule has 5 rings (SSSR count). The number of likely N-dealkylation sites (tertiary alicyclic amines) is 1. The number of nitrogens with one attached hydrogen (secondary N) is 1. The Balaban J connectivity index is 1.37. The van der Waals surface area contributed by atoms with Crippen molar-refractivity contribution >= 4 is 29.5 Å². The zero-order valence-corrected chi connectivity index (χ0v) is 30.8. The predicted octanol–water partition coefficient (Wildman–Crippen LogP) is 5.01. The Hall–Kier alpha value is -4.24. The average Bonchev–Trinajstić information content (AvgIpc) is 3.70. The summed E-state index contributed by atoms with van der Waals surface area (Å²) in [4.78, 5) is 21.9. The Morgan fingerprint density at radius 2 is 1.94 bits per heavy atom. The van der Waals surface area contributed by atoms with Gasteiger partial charge in [0.05, 0.1) is 30.7 Å². The molecular weight excluding hydrogens is 692 g/mol. The number of alkyl halides is 2. The summed E-state index contributed by atoms with van der Waals surface area (Å²) in [6, 6.07) is 8.14. The molecule has 53 heavy (non-hydrogen) atoms. The molecule has 1 aliphatic carbocycles. The number of ether oxygens (including phenoxy) is 3. The van der Waals surface area contributed by atoms with Crippen molar-refractivity contribution in [2.75, 3.05) is 65.4 Å². The van der Waals surface area contributed by atoms with Crippen LogP contribution in [0.15, 0.2) is 54.0 Å². The van der Waals surface area contributed by atoms with Gasteiger partial charge in [0.15, 0.2) is 11.6 Å². The van der Waals surface area contributed by atoms with Crippen LogP contribution in [0, 0.1) is 11.7 Å². The van der Waals surface area contributed by atoms with Crippen LogP contribution in [0.2, 0.25) is 0 Å². The van der Waals surface area contributed by atoms with Crippen LogP contribution in [-0.4, -0.2) is 109 Å². The Morgan fingerprint density at radius 3 is 2.64 bits per heavy atom. The predicted molar refractivity (Wildman–Crippen MR) is 197 cm³/mol. The fraction of sp³-hybridized carbons (Fsp3) is 0.487. The molecule has 1 saturated heterocycles. The number of piperidine rings is 1. The first-order chi connectivity index (χ1) is 25.5. The van der Waals surface area contributed by atoms with Crippen molar-refractivity contribution in [1.82, 2.24) is 24.6 Å². The molecule has 2 aromatic heterocycles. The largest absolute Gasteiger partial charge is 0.483 e. The van der Waals surface area contributed by atoms with E-state index in [2.05, 4.69) is 26.8 Å². The highest BCUT2D eigenvalue weighted by Gasteiger charge is 2.29. The van der Waals surface area contributed by atoms with E-state index in [0.29, 0.717) is 35.3 Å². The molecule has 3 aromatic rings. The number of aromatic nitrogens is 3. The van der Waals surface area contributed by atoms with Crippen LogP contribution in [0.4, 0.5) is 23.4 Å². The second-order valence-electron chi connectivity index (χ2n) is 13.5. The summed E-state index contributed by atoms with van der Waals surface area (Å²) < 4.78 is 73.3. The molecule has 10 nitrogen and oxygen atoms in total. The van der Waals surface area contributed by atoms with Crippen molar-refractivity contribution in [2.24, 2.45) is 5.92 Å². The topological polar surface area (TPSA) is 111 Å². The summed E-state index contributed by atoms with van der Waals surface area (Å²) in [6.45, 7) is 9.73. The minimum absolute atomic E-state index is 0.0541. The van der Waals surface area contributed by atoms with Gasteiger partial charge >= 0.3 is 0 Å². The molecule has 1 aliphatic heterocycles. The number of aromatic amines is 1. The smallest absolute Gasteiger partial charge is 0.261 e. The lowest BCUT2D eigenvalue weighted by molar-refractivity contribution is 0.0315. The first-order valence-corrected chi connectivity index (χ1v) is 18.1. The number of H-pyrrole nitrogens is 1. The van der Waals surface area contributed by atoms with E-state index in [1.54, 1.807) is 51.3 Å². The molecule has 2 aliphatic rings. The number of nitrogen functional groups attached to an aromatic ring is 1. The molecule has 1 fully saturated rings. The molecule has 2 atom stereocenters. The number of allylic oxidation sites excluding steroid dienone is 3. The molecule has 0 spiro atoms. The molecule has 0 bridgehead atoms. The van der Waals surface area contributed by atoms with E-state index >= 15 is 4.39 Å². The van der Waals surface area contributed by atoms with Crippen molar-refractivity contribution in [2.45, 2.75) is 58.6 Å². The van der Waals surface area contributed by atoms with Crippen LogP contribution in [0.3, 0.4) is 0 Å². The van der Waals surface area contributed by atoms with Crippen molar-refractivity contribution < 1.29 is 36.6 Å². The van der Waals surface area contributed by atoms with Gasteiger partial charge in [0.1, 0.15) is 30.1 Å². The number of anilines is 1. The van der Waals surface area contributed by atoms with Gasteiger partial charge in [0.25, 0.3) is 6.43 Å². The lowest BCUT2D eigenvalue weighted by Gasteiger charge is -2.37. The van der Waals surface area contributed by atoms with Gasteiger partial charge in [-0.2, -0.15) is 5.10 Å². The van der Waals surface area contributed by atoms with Gasteiger partial charge in [0, 0.05) is 37.5 Å². The number of halogens is 4. The van der Waals surface area contributed by atoms with Gasteiger partial charge in [-0.05, 0) is 93.0 Å². The van der Waals surface area contributed by atoms with E-state index in [4.69, 9.17) is 19.9 Å². The zero-order chi connectivity index (χ0) is 38.1. The fourth-order valence-corrected chi connectivity index (χ4v) is 6.96. The normalized spacial score (nSPS) is 19.8. The number of methoxy groups -OCH3 is 1. The molecule has 288 valence electrons. The van der Waals surface area contributed by atoms with Crippen LogP contribution in [0.25, 0.3) is 17.8 Å². The number of hydrogen-bond acceptors (Lipinski definition) is 8. The van der Waals surface area contributed by atoms with E-state index in [-0.39, 0.29) is 41.5 Å². The third-order valence-corrected chi connectivity index (χ3v) is 9.84. The number of nitrogens with zero attached hydrogens (tertiary/aromatic N) is 4. The summed E-state index contributed by atoms with van der Waals surface area (Å²) in [5.74, 6) is -2.12. The zero-order valence-electron chi connectivity index (χ0n) is 30.8. The molecule has 0 radical (unpaired) electrons. The van der Waals surface area contributed by atoms with Crippen molar-refractivity contribution in [3.05, 3.63) is 81.6 Å². The summed E-state index contributed by atoms with van der Waals surface area (Å²) in [5, 5.41) is 5.58. The van der Waals surface area contributed by atoms with Gasteiger partial charge in [-0.15, -0.1) is 0 Å². The van der Waals surface area contributed by atoms with Gasteiger partial charge in [-0.3, -0.25) is 14.6 Å². The molecule has 0 saturated carbocycles. The molecule has 2 unspecified atom stereocenters. The van der Waals surface area contributed by atoms with Gasteiger partial charge in [-0.25, -0.2) is 22.2 Å². The number of para-hydroxylation sites is 1. The van der Waals surface area contributed by atoms with Crippen LogP contribution in [0.5, 0.6) is 5.75 Å². The van der Waals surface area contributed by atoms with E-state index in [0.717, 1.165) is 39.0 Å². The number of benzene rings is 1. The third-order valence-electron chi connectivity index (χ3n) is 9.84. The summed E-state index contributed by atoms with van der Waals surface area (Å²) in [7, 11) is 1.71. The van der Waals surface area contributed by atoms with E-state index in [9.17, 15) is 18.0 Å². The Bertz CT molecular complexity index is 1880. The van der Waals surface area contributed by atoms with Gasteiger partial charge < -0.3 is 24.9 Å². The maximum atomic E-state index is 16.0. The number of carbonyl (C=O) groups excluding carboxylic acids is 1. The molecule has 1 aromatic carbocycles. The second kappa shape index (κ2) is 18.7. The number of ketones is 1. The lowest BCUT2D eigenvalue weighted by atomic mass is 10.0. The summed E-state index contributed by atoms with van der Waals surface area (Å²) in [5.41, 5.74) is 7.30. The van der Waals surface area contributed by atoms with Crippen LogP contribution in [-0.2, 0) is 9.47 Å². The summed E-state index contributed by atoms with van der Waals surface area (Å²) in [6.07, 6.45) is 5.67. The molecule has 3 N–H and O–H groups in total. The van der Waals surface area contributed by atoms with E-state index in [1.165, 1.54) is 23.0 Å². The van der Waals surface area contributed by atoms with E-state index < -0.39 is 42.5 Å². The van der Waals surface area contributed by atoms with Gasteiger partial charge in [0.2, 0.25) is 5.78 Å². The first-order valence-electron chi connectivity index (χ1n) is 18.1. The van der Waals surface area contributed by atoms with E-state index in [1.807, 2.05) is 6.08 Å². The second-order valence-corrected chi connectivity index (χ2v) is 13.5. The number of likely N-dealkylation sites (N-methyl/N-ethyl adjacent to an activating group) is 1. The minimum Gasteiger partial charge on any atom is -0.483 e. The Labute approximate surface area is 307 Å². The molecule has 14 heteroatoms. The number of nitrogens with two attached hydrogens (primary N) is 1. The third kappa shape index (κ3) is 10.0. The number of hydrogen-bond donors (Lipinski definition) is 2. The van der Waals surface area contributed by atoms with Crippen molar-refractivity contribution in [3.8, 4) is 5.75 Å². The van der Waals surface area contributed by atoms with Crippen molar-refractivity contribution in [3.63, 3.8) is 0 Å². The maximum Gasteiger partial charge on any atom is 0.261 e. The van der Waals surface area contributed by atoms with Gasteiger partial charge in [-0.1, -0.05) is 26.0 Å². The molecule has 0 amide bonds. The van der Waals surface area contributed by atoms with Crippen LogP contribution in [0.1, 0.15) is 56.1 Å². The highest BCUT2D eigenvalue weighted by Crippen LogP contribution is 2.36. The quantitative estimate of drug-likeness (QED) is 0.120. The van der Waals surface area contributed by atoms with Crippen LogP contribution < -0.4 is 21.0 Å². The molecule has 3 heterocycles. The highest BCUT2D eigenvalue weighted by atomic mass is 19.3.